The summed E-state index contributed by atoms with van der Waals surface area (Å²) >= 11 is 0. The van der Waals surface area contributed by atoms with Gasteiger partial charge in [0.15, 0.2) is 0 Å². The standard InChI is InChI=1S/C20H20F3NO3/c1-24-18(25)8-4-5-11-27-13-9-10-15-14-6-2-3-7-16(14)19(26,17(15)12-13)20(21,22)23/h2-3,6-7,9-10,12,26H,4-5,8,11H2,1H3,(H,24,25). The van der Waals surface area contributed by atoms with Gasteiger partial charge in [0, 0.05) is 24.6 Å². The van der Waals surface area contributed by atoms with Gasteiger partial charge in [-0.1, -0.05) is 30.3 Å². The monoisotopic (exact) mass is 379 g/mol. The maximum Gasteiger partial charge on any atom is 0.425 e. The second kappa shape index (κ2) is 7.23. The summed E-state index contributed by atoms with van der Waals surface area (Å²) in [5.41, 5.74) is -2.74. The van der Waals surface area contributed by atoms with Crippen molar-refractivity contribution in [3.05, 3.63) is 53.6 Å². The lowest BCUT2D eigenvalue weighted by Gasteiger charge is -2.28. The number of nitrogens with one attached hydrogen (secondary N) is 1. The highest BCUT2D eigenvalue weighted by Crippen LogP contribution is 2.55. The van der Waals surface area contributed by atoms with E-state index in [1.165, 1.54) is 24.3 Å². The van der Waals surface area contributed by atoms with E-state index in [2.05, 4.69) is 5.32 Å². The zero-order valence-electron chi connectivity index (χ0n) is 14.8. The largest absolute Gasteiger partial charge is 0.494 e. The number of amides is 1. The number of carbonyl (C=O) groups is 1. The molecule has 144 valence electrons. The number of hydrogen-bond acceptors (Lipinski definition) is 3. The van der Waals surface area contributed by atoms with Crippen molar-refractivity contribution in [1.29, 1.82) is 0 Å². The number of alkyl halides is 3. The van der Waals surface area contributed by atoms with E-state index >= 15 is 0 Å². The number of aliphatic hydroxyl groups is 1. The van der Waals surface area contributed by atoms with Crippen molar-refractivity contribution in [1.82, 2.24) is 5.32 Å². The minimum Gasteiger partial charge on any atom is -0.494 e. The van der Waals surface area contributed by atoms with Gasteiger partial charge in [-0.3, -0.25) is 4.79 Å². The maximum atomic E-state index is 13.8. The molecule has 2 N–H and O–H groups in total. The summed E-state index contributed by atoms with van der Waals surface area (Å²) in [5, 5.41) is 13.1. The van der Waals surface area contributed by atoms with E-state index in [1.54, 1.807) is 25.2 Å². The number of ether oxygens (including phenoxy) is 1. The van der Waals surface area contributed by atoms with Gasteiger partial charge in [0.25, 0.3) is 0 Å². The molecule has 1 unspecified atom stereocenters. The number of hydrogen-bond donors (Lipinski definition) is 2. The molecule has 0 heterocycles. The maximum absolute atomic E-state index is 13.8. The van der Waals surface area contributed by atoms with Crippen molar-refractivity contribution in [2.75, 3.05) is 13.7 Å². The highest BCUT2D eigenvalue weighted by atomic mass is 19.4. The lowest BCUT2D eigenvalue weighted by molar-refractivity contribution is -0.246. The molecule has 1 aliphatic rings. The predicted molar refractivity (Wildman–Crippen MR) is 94.3 cm³/mol. The molecule has 2 aromatic carbocycles. The first kappa shape index (κ1) is 19.2. The molecule has 3 rings (SSSR count). The lowest BCUT2D eigenvalue weighted by atomic mass is 9.91. The first-order valence-corrected chi connectivity index (χ1v) is 8.66. The highest BCUT2D eigenvalue weighted by molar-refractivity contribution is 5.81. The predicted octanol–water partition coefficient (Wildman–Crippen LogP) is 3.76. The zero-order valence-corrected chi connectivity index (χ0v) is 14.8. The van der Waals surface area contributed by atoms with Crippen LogP contribution in [0.4, 0.5) is 13.2 Å². The molecular weight excluding hydrogens is 359 g/mol. The minimum atomic E-state index is -4.86. The lowest BCUT2D eigenvalue weighted by Crippen LogP contribution is -2.41. The van der Waals surface area contributed by atoms with Gasteiger partial charge >= 0.3 is 6.18 Å². The molecule has 0 saturated carbocycles. The van der Waals surface area contributed by atoms with E-state index in [9.17, 15) is 23.1 Å². The third-order valence-corrected chi connectivity index (χ3v) is 4.74. The SMILES string of the molecule is CNC(=O)CCCCOc1ccc2c(c1)C(O)(C(F)(F)F)c1ccccc1-2. The van der Waals surface area contributed by atoms with E-state index in [-0.39, 0.29) is 29.4 Å². The van der Waals surface area contributed by atoms with Gasteiger partial charge in [0.05, 0.1) is 6.61 Å². The zero-order chi connectivity index (χ0) is 19.7. The molecule has 0 aliphatic heterocycles. The Morgan fingerprint density at radius 1 is 1.11 bits per heavy atom. The Bertz CT molecular complexity index is 851. The third kappa shape index (κ3) is 3.39. The molecule has 2 aromatic rings. The average Bonchev–Trinajstić information content (AvgIpc) is 2.91. The summed E-state index contributed by atoms with van der Waals surface area (Å²) in [6.07, 6.45) is -3.29. The second-order valence-corrected chi connectivity index (χ2v) is 6.44. The van der Waals surface area contributed by atoms with Crippen molar-refractivity contribution in [2.24, 2.45) is 0 Å². The summed E-state index contributed by atoms with van der Waals surface area (Å²) in [6.45, 7) is 0.271. The van der Waals surface area contributed by atoms with Crippen molar-refractivity contribution >= 4 is 5.91 Å². The molecule has 4 nitrogen and oxygen atoms in total. The quantitative estimate of drug-likeness (QED) is 0.752. The van der Waals surface area contributed by atoms with Crippen LogP contribution in [0.15, 0.2) is 42.5 Å². The van der Waals surface area contributed by atoms with E-state index < -0.39 is 11.8 Å². The van der Waals surface area contributed by atoms with Gasteiger partial charge in [-0.05, 0) is 36.1 Å². The third-order valence-electron chi connectivity index (χ3n) is 4.74. The fourth-order valence-corrected chi connectivity index (χ4v) is 3.33. The van der Waals surface area contributed by atoms with Gasteiger partial charge in [0.1, 0.15) is 5.75 Å². The summed E-state index contributed by atoms with van der Waals surface area (Å²) in [5.74, 6) is 0.185. The Hall–Kier alpha value is -2.54. The van der Waals surface area contributed by atoms with Crippen LogP contribution in [0.3, 0.4) is 0 Å². The highest BCUT2D eigenvalue weighted by Gasteiger charge is 2.60. The Labute approximate surface area is 155 Å². The molecule has 7 heteroatoms. The molecule has 27 heavy (non-hydrogen) atoms. The molecule has 1 amide bonds. The van der Waals surface area contributed by atoms with Crippen LogP contribution >= 0.6 is 0 Å². The summed E-state index contributed by atoms with van der Waals surface area (Å²) in [7, 11) is 1.56. The van der Waals surface area contributed by atoms with Gasteiger partial charge < -0.3 is 15.2 Å². The van der Waals surface area contributed by atoms with Crippen molar-refractivity contribution in [3.8, 4) is 16.9 Å². The molecule has 0 radical (unpaired) electrons. The summed E-state index contributed by atoms with van der Waals surface area (Å²) in [4.78, 5) is 11.2. The van der Waals surface area contributed by atoms with Crippen LogP contribution in [0, 0.1) is 0 Å². The first-order valence-electron chi connectivity index (χ1n) is 8.66. The molecular formula is C20H20F3NO3. The molecule has 0 aromatic heterocycles. The number of benzene rings is 2. The molecule has 0 bridgehead atoms. The van der Waals surface area contributed by atoms with Crippen molar-refractivity contribution in [3.63, 3.8) is 0 Å². The van der Waals surface area contributed by atoms with E-state index in [0.717, 1.165) is 0 Å². The van der Waals surface area contributed by atoms with Gasteiger partial charge in [0.2, 0.25) is 11.5 Å². The van der Waals surface area contributed by atoms with Crippen LogP contribution in [0.1, 0.15) is 30.4 Å². The minimum absolute atomic E-state index is 0.0689. The normalized spacial score (nSPS) is 18.0. The average molecular weight is 379 g/mol. The van der Waals surface area contributed by atoms with Crippen molar-refractivity contribution in [2.45, 2.75) is 31.0 Å². The number of unbranched alkanes of at least 4 members (excludes halogenated alkanes) is 1. The van der Waals surface area contributed by atoms with E-state index in [1.807, 2.05) is 0 Å². The Morgan fingerprint density at radius 2 is 1.81 bits per heavy atom. The van der Waals surface area contributed by atoms with E-state index in [0.29, 0.717) is 30.4 Å². The van der Waals surface area contributed by atoms with Crippen LogP contribution in [-0.2, 0) is 10.4 Å². The smallest absolute Gasteiger partial charge is 0.425 e. The first-order chi connectivity index (χ1) is 12.8. The van der Waals surface area contributed by atoms with Crippen LogP contribution in [0.5, 0.6) is 5.75 Å². The molecule has 0 spiro atoms. The van der Waals surface area contributed by atoms with Crippen LogP contribution < -0.4 is 10.1 Å². The summed E-state index contributed by atoms with van der Waals surface area (Å²) < 4.78 is 46.8. The fourth-order valence-electron chi connectivity index (χ4n) is 3.33. The molecule has 1 aliphatic carbocycles. The van der Waals surface area contributed by atoms with Crippen LogP contribution in [-0.4, -0.2) is 30.8 Å². The van der Waals surface area contributed by atoms with Crippen LogP contribution in [0.2, 0.25) is 0 Å². The molecule has 0 fully saturated rings. The number of fused-ring (bicyclic) bond motifs is 3. The molecule has 0 saturated heterocycles. The fraction of sp³-hybridized carbons (Fsp3) is 0.350. The number of halogens is 3. The Kier molecular flexibility index (Phi) is 5.15. The number of carbonyl (C=O) groups excluding carboxylic acids is 1. The molecule has 1 atom stereocenters. The second-order valence-electron chi connectivity index (χ2n) is 6.44. The van der Waals surface area contributed by atoms with Crippen LogP contribution in [0.25, 0.3) is 11.1 Å². The topological polar surface area (TPSA) is 58.6 Å². The number of rotatable bonds is 6. The van der Waals surface area contributed by atoms with Gasteiger partial charge in [-0.15, -0.1) is 0 Å². The van der Waals surface area contributed by atoms with E-state index in [4.69, 9.17) is 4.74 Å². The Balaban J connectivity index is 1.81. The van der Waals surface area contributed by atoms with Gasteiger partial charge in [-0.2, -0.15) is 13.2 Å². The van der Waals surface area contributed by atoms with Crippen molar-refractivity contribution < 1.29 is 27.8 Å². The van der Waals surface area contributed by atoms with Gasteiger partial charge in [-0.25, -0.2) is 0 Å². The Morgan fingerprint density at radius 3 is 2.52 bits per heavy atom. The summed E-state index contributed by atoms with van der Waals surface area (Å²) in [6, 6.07) is 10.4.